The Morgan fingerprint density at radius 3 is 2.20 bits per heavy atom. The summed E-state index contributed by atoms with van der Waals surface area (Å²) in [6.07, 6.45) is 7.23. The van der Waals surface area contributed by atoms with Crippen molar-refractivity contribution in [1.29, 1.82) is 0 Å². The second-order valence-electron chi connectivity index (χ2n) is 13.3. The molecule has 3 N–H and O–H groups in total. The molecule has 1 atom stereocenters. The van der Waals surface area contributed by atoms with Crippen molar-refractivity contribution >= 4 is 28.9 Å². The second-order valence-corrected chi connectivity index (χ2v) is 13.3. The Kier molecular flexibility index (Phi) is 9.62. The summed E-state index contributed by atoms with van der Waals surface area (Å²) in [4.78, 5) is 34.1. The third-order valence-corrected chi connectivity index (χ3v) is 10.6. The van der Waals surface area contributed by atoms with E-state index in [9.17, 15) is 9.59 Å². The zero-order chi connectivity index (χ0) is 30.6. The van der Waals surface area contributed by atoms with Crippen LogP contribution in [-0.4, -0.2) is 93.7 Å². The maximum atomic E-state index is 12.2. The molecule has 4 saturated heterocycles. The quantitative estimate of drug-likeness (QED) is 0.346. The fourth-order valence-electron chi connectivity index (χ4n) is 7.82. The number of piperazine rings is 1. The number of nitrogen functional groups attached to an aromatic ring is 1. The van der Waals surface area contributed by atoms with Crippen LogP contribution in [0.4, 0.5) is 17.1 Å². The zero-order valence-corrected chi connectivity index (χ0v) is 26.6. The highest BCUT2D eigenvalue weighted by Gasteiger charge is 2.30. The first-order chi connectivity index (χ1) is 21.4. The van der Waals surface area contributed by atoms with Gasteiger partial charge in [-0.1, -0.05) is 12.1 Å². The SMILES string of the molecule is COc1cc(N2CCC(N3CCN(CCC4CCN(c5ccc(C6CCC(=O)NC6=O)cc5)CC4)CC3)CC2)c(C)cc1N. The topological polar surface area (TPSA) is 94.4 Å². The van der Waals surface area contributed by atoms with Gasteiger partial charge in [-0.2, -0.15) is 0 Å². The minimum atomic E-state index is -0.211. The van der Waals surface area contributed by atoms with Gasteiger partial charge in [-0.25, -0.2) is 0 Å². The van der Waals surface area contributed by atoms with Gasteiger partial charge in [-0.15, -0.1) is 0 Å². The molecule has 44 heavy (non-hydrogen) atoms. The van der Waals surface area contributed by atoms with Crippen molar-refractivity contribution in [3.05, 3.63) is 47.5 Å². The van der Waals surface area contributed by atoms with E-state index in [0.717, 1.165) is 43.4 Å². The molecular weight excluding hydrogens is 552 g/mol. The first-order valence-electron chi connectivity index (χ1n) is 16.7. The van der Waals surface area contributed by atoms with Crippen molar-refractivity contribution in [2.24, 2.45) is 5.92 Å². The molecule has 9 heteroatoms. The third kappa shape index (κ3) is 6.99. The number of nitrogens with one attached hydrogen (secondary N) is 1. The van der Waals surface area contributed by atoms with Crippen LogP contribution in [0.15, 0.2) is 36.4 Å². The number of aryl methyl sites for hydroxylation is 1. The lowest BCUT2D eigenvalue weighted by Crippen LogP contribution is -2.53. The van der Waals surface area contributed by atoms with E-state index in [2.05, 4.69) is 62.2 Å². The molecule has 0 aromatic heterocycles. The highest BCUT2D eigenvalue weighted by atomic mass is 16.5. The van der Waals surface area contributed by atoms with Crippen molar-refractivity contribution in [3.63, 3.8) is 0 Å². The van der Waals surface area contributed by atoms with Gasteiger partial charge in [0, 0.05) is 82.3 Å². The summed E-state index contributed by atoms with van der Waals surface area (Å²) < 4.78 is 5.48. The summed E-state index contributed by atoms with van der Waals surface area (Å²) in [7, 11) is 1.69. The lowest BCUT2D eigenvalue weighted by molar-refractivity contribution is -0.134. The van der Waals surface area contributed by atoms with Gasteiger partial charge in [0.25, 0.3) is 0 Å². The first-order valence-corrected chi connectivity index (χ1v) is 16.7. The summed E-state index contributed by atoms with van der Waals surface area (Å²) >= 11 is 0. The molecule has 4 aliphatic rings. The minimum absolute atomic E-state index is 0.160. The molecular formula is C35H50N6O3. The van der Waals surface area contributed by atoms with Gasteiger partial charge in [-0.3, -0.25) is 19.8 Å². The Bertz CT molecular complexity index is 1290. The standard InChI is InChI=1S/C35H50N6O3/c1-25-23-31(36)33(44-2)24-32(25)41-17-12-29(13-18-41)40-21-19-38(20-22-40)14-9-26-10-15-39(16-11-26)28-5-3-27(4-6-28)30-7-8-34(42)37-35(30)43/h3-6,23-24,26,29-30H,7-22,36H2,1-2H3,(H,37,42,43). The molecule has 2 aromatic rings. The van der Waals surface area contributed by atoms with E-state index in [0.29, 0.717) is 24.6 Å². The van der Waals surface area contributed by atoms with Crippen LogP contribution in [0, 0.1) is 12.8 Å². The molecule has 2 amide bonds. The normalized spacial score (nSPS) is 23.2. The van der Waals surface area contributed by atoms with Gasteiger partial charge in [0.05, 0.1) is 18.7 Å². The molecule has 1 unspecified atom stereocenters. The average molecular weight is 603 g/mol. The number of hydrogen-bond donors (Lipinski definition) is 2. The van der Waals surface area contributed by atoms with Gasteiger partial charge >= 0.3 is 0 Å². The van der Waals surface area contributed by atoms with Gasteiger partial charge in [0.15, 0.2) is 0 Å². The van der Waals surface area contributed by atoms with Crippen molar-refractivity contribution in [2.45, 2.75) is 63.8 Å². The number of imide groups is 1. The maximum Gasteiger partial charge on any atom is 0.234 e. The smallest absolute Gasteiger partial charge is 0.234 e. The fraction of sp³-hybridized carbons (Fsp3) is 0.600. The molecule has 2 aromatic carbocycles. The number of benzene rings is 2. The van der Waals surface area contributed by atoms with E-state index >= 15 is 0 Å². The maximum absolute atomic E-state index is 12.2. The number of nitrogens with two attached hydrogens (primary N) is 1. The molecule has 238 valence electrons. The molecule has 4 aliphatic heterocycles. The highest BCUT2D eigenvalue weighted by Crippen LogP contribution is 2.34. The first kappa shape index (κ1) is 30.7. The molecule has 9 nitrogen and oxygen atoms in total. The van der Waals surface area contributed by atoms with E-state index in [1.54, 1.807) is 7.11 Å². The summed E-state index contributed by atoms with van der Waals surface area (Å²) in [5.74, 6) is 1.04. The van der Waals surface area contributed by atoms with Crippen molar-refractivity contribution in [1.82, 2.24) is 15.1 Å². The molecule has 0 bridgehead atoms. The summed E-state index contributed by atoms with van der Waals surface area (Å²) in [5.41, 5.74) is 11.6. The predicted molar refractivity (Wildman–Crippen MR) is 177 cm³/mol. The largest absolute Gasteiger partial charge is 0.495 e. The minimum Gasteiger partial charge on any atom is -0.495 e. The van der Waals surface area contributed by atoms with Crippen molar-refractivity contribution in [3.8, 4) is 5.75 Å². The Balaban J connectivity index is 0.888. The van der Waals surface area contributed by atoms with Gasteiger partial charge in [0.2, 0.25) is 11.8 Å². The lowest BCUT2D eigenvalue weighted by Gasteiger charge is -2.44. The number of amides is 2. The predicted octanol–water partition coefficient (Wildman–Crippen LogP) is 4.00. The lowest BCUT2D eigenvalue weighted by atomic mass is 9.90. The number of carbonyl (C=O) groups excluding carboxylic acids is 2. The number of hydrogen-bond acceptors (Lipinski definition) is 8. The van der Waals surface area contributed by atoms with E-state index < -0.39 is 0 Å². The van der Waals surface area contributed by atoms with E-state index in [1.807, 2.05) is 6.07 Å². The molecule has 0 aliphatic carbocycles. The van der Waals surface area contributed by atoms with Crippen LogP contribution in [0.2, 0.25) is 0 Å². The Labute approximate surface area is 262 Å². The van der Waals surface area contributed by atoms with Crippen molar-refractivity contribution < 1.29 is 14.3 Å². The molecule has 0 radical (unpaired) electrons. The van der Waals surface area contributed by atoms with E-state index in [4.69, 9.17) is 10.5 Å². The molecule has 0 spiro atoms. The number of carbonyl (C=O) groups is 2. The van der Waals surface area contributed by atoms with Gasteiger partial charge < -0.3 is 25.2 Å². The fourth-order valence-corrected chi connectivity index (χ4v) is 7.82. The van der Waals surface area contributed by atoms with E-state index in [-0.39, 0.29) is 17.7 Å². The number of rotatable bonds is 8. The van der Waals surface area contributed by atoms with Crippen LogP contribution in [0.3, 0.4) is 0 Å². The number of anilines is 3. The van der Waals surface area contributed by atoms with Gasteiger partial charge in [0.1, 0.15) is 5.75 Å². The Morgan fingerprint density at radius 1 is 0.864 bits per heavy atom. The summed E-state index contributed by atoms with van der Waals surface area (Å²) in [6.45, 7) is 12.5. The van der Waals surface area contributed by atoms with Gasteiger partial charge in [-0.05, 0) is 87.2 Å². The van der Waals surface area contributed by atoms with Crippen LogP contribution in [0.25, 0.3) is 0 Å². The Morgan fingerprint density at radius 2 is 1.55 bits per heavy atom. The zero-order valence-electron chi connectivity index (χ0n) is 26.6. The molecule has 0 saturated carbocycles. The number of methoxy groups -OCH3 is 1. The highest BCUT2D eigenvalue weighted by molar-refractivity contribution is 6.00. The molecule has 4 fully saturated rings. The molecule has 4 heterocycles. The summed E-state index contributed by atoms with van der Waals surface area (Å²) in [5, 5.41) is 2.47. The Hall–Kier alpha value is -3.30. The second kappa shape index (κ2) is 13.8. The van der Waals surface area contributed by atoms with E-state index in [1.165, 1.54) is 81.8 Å². The number of ether oxygens (including phenoxy) is 1. The van der Waals surface area contributed by atoms with Crippen LogP contribution >= 0.6 is 0 Å². The number of piperidine rings is 3. The van der Waals surface area contributed by atoms with Crippen LogP contribution in [0.1, 0.15) is 62.0 Å². The molecule has 6 rings (SSSR count). The number of nitrogens with zero attached hydrogens (tertiary/aromatic N) is 4. The third-order valence-electron chi connectivity index (χ3n) is 10.6. The van der Waals surface area contributed by atoms with Crippen molar-refractivity contribution in [2.75, 3.05) is 81.5 Å². The average Bonchev–Trinajstić information content (AvgIpc) is 3.05. The summed E-state index contributed by atoms with van der Waals surface area (Å²) in [6, 6.07) is 13.3. The van der Waals surface area contributed by atoms with Crippen LogP contribution in [-0.2, 0) is 9.59 Å². The monoisotopic (exact) mass is 602 g/mol. The van der Waals surface area contributed by atoms with Crippen LogP contribution < -0.4 is 25.6 Å². The van der Waals surface area contributed by atoms with Crippen LogP contribution in [0.5, 0.6) is 5.75 Å².